The van der Waals surface area contributed by atoms with Gasteiger partial charge in [0.05, 0.1) is 17.2 Å². The maximum Gasteiger partial charge on any atom is 0.269 e. The van der Waals surface area contributed by atoms with Crippen molar-refractivity contribution >= 4 is 11.0 Å². The summed E-state index contributed by atoms with van der Waals surface area (Å²) in [5.74, 6) is 0. The fourth-order valence-electron chi connectivity index (χ4n) is 3.08. The van der Waals surface area contributed by atoms with Crippen LogP contribution in [0.5, 0.6) is 0 Å². The minimum Gasteiger partial charge on any atom is -0.328 e. The van der Waals surface area contributed by atoms with Gasteiger partial charge in [-0.2, -0.15) is 0 Å². The molecule has 0 radical (unpaired) electrons. The SMILES string of the molecule is CCc1ccc2ncc(=O)n(CCN3CCC(N)CC3)c2c1. The fraction of sp³-hybridized carbons (Fsp3) is 0.529. The summed E-state index contributed by atoms with van der Waals surface area (Å²) in [6.07, 6.45) is 4.49. The van der Waals surface area contributed by atoms with E-state index in [2.05, 4.69) is 28.9 Å². The third-order valence-corrected chi connectivity index (χ3v) is 4.59. The fourth-order valence-corrected chi connectivity index (χ4v) is 3.08. The first-order valence-corrected chi connectivity index (χ1v) is 8.14. The molecule has 22 heavy (non-hydrogen) atoms. The molecule has 5 heteroatoms. The molecule has 2 N–H and O–H groups in total. The largest absolute Gasteiger partial charge is 0.328 e. The van der Waals surface area contributed by atoms with Gasteiger partial charge < -0.3 is 15.2 Å². The first-order valence-electron chi connectivity index (χ1n) is 8.14. The molecule has 3 rings (SSSR count). The molecule has 0 atom stereocenters. The van der Waals surface area contributed by atoms with Crippen LogP contribution in [0.3, 0.4) is 0 Å². The molecule has 0 spiro atoms. The standard InChI is InChI=1S/C17H24N4O/c1-2-13-3-4-15-16(11-13)21(17(22)12-19-15)10-9-20-7-5-14(18)6-8-20/h3-4,11-12,14H,2,5-10,18H2,1H3. The molecule has 0 saturated carbocycles. The lowest BCUT2D eigenvalue weighted by atomic mass is 10.1. The molecule has 1 aromatic carbocycles. The summed E-state index contributed by atoms with van der Waals surface area (Å²) in [5, 5.41) is 0. The zero-order chi connectivity index (χ0) is 15.5. The van der Waals surface area contributed by atoms with E-state index in [0.717, 1.165) is 49.9 Å². The molecule has 0 aliphatic carbocycles. The highest BCUT2D eigenvalue weighted by molar-refractivity contribution is 5.75. The molecule has 0 amide bonds. The van der Waals surface area contributed by atoms with Crippen molar-refractivity contribution in [1.82, 2.24) is 14.5 Å². The van der Waals surface area contributed by atoms with Gasteiger partial charge in [-0.3, -0.25) is 4.79 Å². The third kappa shape index (κ3) is 3.20. The Morgan fingerprint density at radius 1 is 1.27 bits per heavy atom. The predicted molar refractivity (Wildman–Crippen MR) is 89.0 cm³/mol. The molecular weight excluding hydrogens is 276 g/mol. The number of piperidine rings is 1. The molecular formula is C17H24N4O. The second-order valence-electron chi connectivity index (χ2n) is 6.10. The molecule has 1 aliphatic rings. The number of nitrogens with two attached hydrogens (primary N) is 1. The first kappa shape index (κ1) is 15.2. The summed E-state index contributed by atoms with van der Waals surface area (Å²) in [7, 11) is 0. The van der Waals surface area contributed by atoms with Gasteiger partial charge in [-0.25, -0.2) is 4.98 Å². The van der Waals surface area contributed by atoms with E-state index in [9.17, 15) is 4.79 Å². The van der Waals surface area contributed by atoms with Gasteiger partial charge in [0.25, 0.3) is 5.56 Å². The molecule has 1 aromatic heterocycles. The summed E-state index contributed by atoms with van der Waals surface area (Å²) in [4.78, 5) is 18.9. The summed E-state index contributed by atoms with van der Waals surface area (Å²) < 4.78 is 1.86. The second-order valence-corrected chi connectivity index (χ2v) is 6.10. The van der Waals surface area contributed by atoms with Crippen LogP contribution in [0.25, 0.3) is 11.0 Å². The number of nitrogens with zero attached hydrogens (tertiary/aromatic N) is 3. The van der Waals surface area contributed by atoms with Crippen LogP contribution in [-0.2, 0) is 13.0 Å². The van der Waals surface area contributed by atoms with Gasteiger partial charge in [0.2, 0.25) is 0 Å². The summed E-state index contributed by atoms with van der Waals surface area (Å²) in [6.45, 7) is 5.78. The Labute approximate surface area is 130 Å². The Morgan fingerprint density at radius 2 is 2.05 bits per heavy atom. The van der Waals surface area contributed by atoms with Gasteiger partial charge >= 0.3 is 0 Å². The maximum absolute atomic E-state index is 12.2. The Bertz CT molecular complexity index is 701. The van der Waals surface area contributed by atoms with E-state index in [1.165, 1.54) is 11.8 Å². The van der Waals surface area contributed by atoms with E-state index in [4.69, 9.17) is 5.73 Å². The van der Waals surface area contributed by atoms with Gasteiger partial charge in [0.1, 0.15) is 0 Å². The second kappa shape index (κ2) is 6.58. The number of hydrogen-bond acceptors (Lipinski definition) is 4. The van der Waals surface area contributed by atoms with E-state index in [1.54, 1.807) is 0 Å². The predicted octanol–water partition coefficient (Wildman–Crippen LogP) is 1.38. The topological polar surface area (TPSA) is 64.2 Å². The smallest absolute Gasteiger partial charge is 0.269 e. The Morgan fingerprint density at radius 3 is 2.77 bits per heavy atom. The normalized spacial score (nSPS) is 17.2. The minimum atomic E-state index is -0.0190. The van der Waals surface area contributed by atoms with Crippen LogP contribution in [0, 0.1) is 0 Å². The van der Waals surface area contributed by atoms with E-state index in [0.29, 0.717) is 12.6 Å². The van der Waals surface area contributed by atoms with Crippen molar-refractivity contribution in [2.24, 2.45) is 5.73 Å². The summed E-state index contributed by atoms with van der Waals surface area (Å²) >= 11 is 0. The quantitative estimate of drug-likeness (QED) is 0.926. The van der Waals surface area contributed by atoms with E-state index in [-0.39, 0.29) is 5.56 Å². The lowest BCUT2D eigenvalue weighted by Gasteiger charge is -2.30. The number of aryl methyl sites for hydroxylation is 1. The number of hydrogen-bond donors (Lipinski definition) is 1. The van der Waals surface area contributed by atoms with Crippen LogP contribution >= 0.6 is 0 Å². The Hall–Kier alpha value is -1.72. The van der Waals surface area contributed by atoms with Gasteiger partial charge in [0, 0.05) is 19.1 Å². The monoisotopic (exact) mass is 300 g/mol. The Balaban J connectivity index is 1.83. The van der Waals surface area contributed by atoms with Gasteiger partial charge in [0.15, 0.2) is 0 Å². The molecule has 0 bridgehead atoms. The summed E-state index contributed by atoms with van der Waals surface area (Å²) in [6, 6.07) is 6.52. The zero-order valence-corrected chi connectivity index (χ0v) is 13.2. The summed E-state index contributed by atoms with van der Waals surface area (Å²) in [5.41, 5.74) is 8.99. The molecule has 0 unspecified atom stereocenters. The lowest BCUT2D eigenvalue weighted by molar-refractivity contribution is 0.206. The van der Waals surface area contributed by atoms with Crippen molar-refractivity contribution in [2.75, 3.05) is 19.6 Å². The van der Waals surface area contributed by atoms with Gasteiger partial charge in [-0.05, 0) is 50.0 Å². The van der Waals surface area contributed by atoms with Crippen LogP contribution in [0.4, 0.5) is 0 Å². The Kier molecular flexibility index (Phi) is 4.55. The number of likely N-dealkylation sites (tertiary alicyclic amines) is 1. The molecule has 1 saturated heterocycles. The minimum absolute atomic E-state index is 0.0190. The van der Waals surface area contributed by atoms with Crippen molar-refractivity contribution in [1.29, 1.82) is 0 Å². The van der Waals surface area contributed by atoms with E-state index < -0.39 is 0 Å². The van der Waals surface area contributed by atoms with E-state index in [1.807, 2.05) is 10.6 Å². The average molecular weight is 300 g/mol. The highest BCUT2D eigenvalue weighted by Crippen LogP contribution is 2.14. The molecule has 2 aromatic rings. The first-order chi connectivity index (χ1) is 10.7. The molecule has 118 valence electrons. The molecule has 5 nitrogen and oxygen atoms in total. The highest BCUT2D eigenvalue weighted by atomic mass is 16.1. The number of rotatable bonds is 4. The number of aromatic nitrogens is 2. The van der Waals surface area contributed by atoms with Crippen molar-refractivity contribution in [2.45, 2.75) is 38.8 Å². The van der Waals surface area contributed by atoms with Crippen LogP contribution in [-0.4, -0.2) is 40.1 Å². The van der Waals surface area contributed by atoms with Gasteiger partial charge in [-0.1, -0.05) is 13.0 Å². The van der Waals surface area contributed by atoms with Crippen LogP contribution < -0.4 is 11.3 Å². The molecule has 1 fully saturated rings. The van der Waals surface area contributed by atoms with Crippen LogP contribution in [0.2, 0.25) is 0 Å². The van der Waals surface area contributed by atoms with Gasteiger partial charge in [-0.15, -0.1) is 0 Å². The zero-order valence-electron chi connectivity index (χ0n) is 13.2. The molecule has 1 aliphatic heterocycles. The van der Waals surface area contributed by atoms with Crippen molar-refractivity contribution in [3.63, 3.8) is 0 Å². The van der Waals surface area contributed by atoms with Crippen molar-refractivity contribution in [3.8, 4) is 0 Å². The lowest BCUT2D eigenvalue weighted by Crippen LogP contribution is -2.41. The van der Waals surface area contributed by atoms with Crippen LogP contribution in [0.15, 0.2) is 29.2 Å². The maximum atomic E-state index is 12.2. The van der Waals surface area contributed by atoms with E-state index >= 15 is 0 Å². The van der Waals surface area contributed by atoms with Crippen molar-refractivity contribution < 1.29 is 0 Å². The van der Waals surface area contributed by atoms with Crippen LogP contribution in [0.1, 0.15) is 25.3 Å². The number of fused-ring (bicyclic) bond motifs is 1. The average Bonchev–Trinajstić information content (AvgIpc) is 2.55. The van der Waals surface area contributed by atoms with Crippen molar-refractivity contribution in [3.05, 3.63) is 40.3 Å². The highest BCUT2D eigenvalue weighted by Gasteiger charge is 2.16. The number of benzene rings is 1. The molecule has 2 heterocycles. The third-order valence-electron chi connectivity index (χ3n) is 4.59.